The van der Waals surface area contributed by atoms with Crippen LogP contribution in [-0.2, 0) is 0 Å². The summed E-state index contributed by atoms with van der Waals surface area (Å²) in [5.74, 6) is 0.314. The molecule has 1 aliphatic heterocycles. The van der Waals surface area contributed by atoms with Gasteiger partial charge in [-0.15, -0.1) is 24.8 Å². The van der Waals surface area contributed by atoms with Crippen LogP contribution < -0.4 is 5.32 Å². The second-order valence-electron chi connectivity index (χ2n) is 2.93. The van der Waals surface area contributed by atoms with E-state index < -0.39 is 0 Å². The third-order valence-electron chi connectivity index (χ3n) is 2.07. The van der Waals surface area contributed by atoms with Crippen LogP contribution in [0.15, 0.2) is 24.4 Å². The van der Waals surface area contributed by atoms with Crippen molar-refractivity contribution in [2.24, 2.45) is 5.92 Å². The summed E-state index contributed by atoms with van der Waals surface area (Å²) in [5.41, 5.74) is 0.587. The van der Waals surface area contributed by atoms with Gasteiger partial charge in [0.05, 0.1) is 0 Å². The van der Waals surface area contributed by atoms with Crippen LogP contribution in [0.5, 0.6) is 0 Å². The molecule has 0 bridgehead atoms. The van der Waals surface area contributed by atoms with Crippen LogP contribution in [0.4, 0.5) is 0 Å². The van der Waals surface area contributed by atoms with Crippen molar-refractivity contribution < 1.29 is 4.79 Å². The van der Waals surface area contributed by atoms with Crippen LogP contribution in [0, 0.1) is 5.92 Å². The summed E-state index contributed by atoms with van der Waals surface area (Å²) >= 11 is 0. The molecule has 0 aromatic carbocycles. The number of Topliss-reactive ketones (excluding diaryl/α,β-unsaturated/α-hetero) is 1. The summed E-state index contributed by atoms with van der Waals surface area (Å²) in [6.07, 6.45) is 1.65. The van der Waals surface area contributed by atoms with E-state index in [-0.39, 0.29) is 36.5 Å². The molecule has 1 aliphatic rings. The molecule has 78 valence electrons. The summed E-state index contributed by atoms with van der Waals surface area (Å²) in [7, 11) is 0. The lowest BCUT2D eigenvalue weighted by Crippen LogP contribution is -2.46. The fourth-order valence-electron chi connectivity index (χ4n) is 1.19. The second-order valence-corrected chi connectivity index (χ2v) is 2.93. The Morgan fingerprint density at radius 1 is 1.36 bits per heavy atom. The minimum atomic E-state index is 0. The van der Waals surface area contributed by atoms with Gasteiger partial charge in [-0.05, 0) is 12.1 Å². The van der Waals surface area contributed by atoms with E-state index in [2.05, 4.69) is 10.3 Å². The number of nitrogens with zero attached hydrogens (tertiary/aromatic N) is 1. The Hall–Kier alpha value is -0.640. The zero-order chi connectivity index (χ0) is 8.39. The molecule has 1 fully saturated rings. The maximum absolute atomic E-state index is 11.5. The van der Waals surface area contributed by atoms with E-state index in [1.165, 1.54) is 0 Å². The van der Waals surface area contributed by atoms with Crippen LogP contribution in [0.2, 0.25) is 0 Å². The van der Waals surface area contributed by atoms with E-state index in [0.29, 0.717) is 5.69 Å². The highest BCUT2D eigenvalue weighted by Crippen LogP contribution is 2.09. The fraction of sp³-hybridized carbons (Fsp3) is 0.333. The number of pyridine rings is 1. The molecule has 1 N–H and O–H groups in total. The van der Waals surface area contributed by atoms with Crippen molar-refractivity contribution in [3.63, 3.8) is 0 Å². The number of nitrogens with one attached hydrogen (secondary N) is 1. The van der Waals surface area contributed by atoms with Crippen molar-refractivity contribution >= 4 is 30.6 Å². The van der Waals surface area contributed by atoms with E-state index in [4.69, 9.17) is 0 Å². The number of ketones is 1. The van der Waals surface area contributed by atoms with Crippen LogP contribution in [0.1, 0.15) is 10.5 Å². The lowest BCUT2D eigenvalue weighted by atomic mass is 9.96. The average Bonchev–Trinajstić information content (AvgIpc) is 2.03. The van der Waals surface area contributed by atoms with Crippen LogP contribution in [0.25, 0.3) is 0 Å². The predicted octanol–water partition coefficient (Wildman–Crippen LogP) is 1.33. The van der Waals surface area contributed by atoms with E-state index in [0.717, 1.165) is 13.1 Å². The number of hydrogen-bond donors (Lipinski definition) is 1. The average molecular weight is 235 g/mol. The molecule has 2 rings (SSSR count). The Bertz CT molecular complexity index is 288. The third kappa shape index (κ3) is 2.67. The Morgan fingerprint density at radius 2 is 2.07 bits per heavy atom. The van der Waals surface area contributed by atoms with E-state index in [1.54, 1.807) is 12.3 Å². The first-order valence-corrected chi connectivity index (χ1v) is 4.04. The molecule has 0 spiro atoms. The van der Waals surface area contributed by atoms with Gasteiger partial charge in [0.15, 0.2) is 5.78 Å². The first kappa shape index (κ1) is 13.4. The standard InChI is InChI=1S/C9H10N2O.2ClH/c12-9(7-5-10-6-7)8-3-1-2-4-11-8;;/h1-4,7,10H,5-6H2;2*1H. The topological polar surface area (TPSA) is 42.0 Å². The van der Waals surface area contributed by atoms with Gasteiger partial charge in [-0.1, -0.05) is 6.07 Å². The molecular weight excluding hydrogens is 223 g/mol. The first-order valence-electron chi connectivity index (χ1n) is 4.04. The Balaban J connectivity index is 0.000000845. The van der Waals surface area contributed by atoms with Gasteiger partial charge >= 0.3 is 0 Å². The highest BCUT2D eigenvalue weighted by Gasteiger charge is 2.26. The van der Waals surface area contributed by atoms with E-state index in [9.17, 15) is 4.79 Å². The van der Waals surface area contributed by atoms with Crippen LogP contribution in [-0.4, -0.2) is 23.9 Å². The quantitative estimate of drug-likeness (QED) is 0.786. The highest BCUT2D eigenvalue weighted by atomic mass is 35.5. The molecule has 0 unspecified atom stereocenters. The summed E-state index contributed by atoms with van der Waals surface area (Å²) in [6.45, 7) is 1.60. The third-order valence-corrected chi connectivity index (χ3v) is 2.07. The summed E-state index contributed by atoms with van der Waals surface area (Å²) in [6, 6.07) is 5.42. The normalized spacial score (nSPS) is 14.6. The second kappa shape index (κ2) is 5.96. The number of halogens is 2. The van der Waals surface area contributed by atoms with Gasteiger partial charge in [0.2, 0.25) is 0 Å². The van der Waals surface area contributed by atoms with E-state index >= 15 is 0 Å². The molecule has 5 heteroatoms. The van der Waals surface area contributed by atoms with Crippen molar-refractivity contribution in [3.8, 4) is 0 Å². The predicted molar refractivity (Wildman–Crippen MR) is 59.4 cm³/mol. The highest BCUT2D eigenvalue weighted by molar-refractivity contribution is 5.96. The maximum atomic E-state index is 11.5. The van der Waals surface area contributed by atoms with Gasteiger partial charge in [-0.3, -0.25) is 9.78 Å². The van der Waals surface area contributed by atoms with Gasteiger partial charge < -0.3 is 5.32 Å². The van der Waals surface area contributed by atoms with Crippen molar-refractivity contribution in [2.75, 3.05) is 13.1 Å². The van der Waals surface area contributed by atoms with Gasteiger partial charge in [-0.25, -0.2) is 0 Å². The number of carbonyl (C=O) groups is 1. The summed E-state index contributed by atoms with van der Waals surface area (Å²) < 4.78 is 0. The minimum absolute atomic E-state index is 0. The molecule has 1 aromatic rings. The van der Waals surface area contributed by atoms with Crippen LogP contribution >= 0.6 is 24.8 Å². The number of aromatic nitrogens is 1. The molecular formula is C9H12Cl2N2O. The van der Waals surface area contributed by atoms with E-state index in [1.807, 2.05) is 12.1 Å². The minimum Gasteiger partial charge on any atom is -0.315 e. The van der Waals surface area contributed by atoms with Crippen molar-refractivity contribution in [1.29, 1.82) is 0 Å². The molecule has 0 aliphatic carbocycles. The van der Waals surface area contributed by atoms with Crippen molar-refractivity contribution in [3.05, 3.63) is 30.1 Å². The first-order chi connectivity index (χ1) is 5.88. The van der Waals surface area contributed by atoms with Gasteiger partial charge in [0.25, 0.3) is 0 Å². The van der Waals surface area contributed by atoms with Crippen molar-refractivity contribution in [1.82, 2.24) is 10.3 Å². The molecule has 14 heavy (non-hydrogen) atoms. The zero-order valence-corrected chi connectivity index (χ0v) is 9.11. The van der Waals surface area contributed by atoms with Crippen LogP contribution in [0.3, 0.4) is 0 Å². The smallest absolute Gasteiger partial charge is 0.186 e. The molecule has 0 saturated carbocycles. The molecule has 0 radical (unpaired) electrons. The largest absolute Gasteiger partial charge is 0.315 e. The lowest BCUT2D eigenvalue weighted by Gasteiger charge is -2.24. The molecule has 3 nitrogen and oxygen atoms in total. The molecule has 1 saturated heterocycles. The summed E-state index contributed by atoms with van der Waals surface area (Å²) in [5, 5.41) is 3.06. The van der Waals surface area contributed by atoms with Gasteiger partial charge in [0, 0.05) is 25.2 Å². The Morgan fingerprint density at radius 3 is 2.50 bits per heavy atom. The van der Waals surface area contributed by atoms with Gasteiger partial charge in [0.1, 0.15) is 5.69 Å². The number of hydrogen-bond acceptors (Lipinski definition) is 3. The fourth-order valence-corrected chi connectivity index (χ4v) is 1.19. The van der Waals surface area contributed by atoms with Gasteiger partial charge in [-0.2, -0.15) is 0 Å². The zero-order valence-electron chi connectivity index (χ0n) is 7.47. The molecule has 2 heterocycles. The Kier molecular flexibility index (Phi) is 5.69. The molecule has 0 atom stereocenters. The maximum Gasteiger partial charge on any atom is 0.186 e. The lowest BCUT2D eigenvalue weighted by molar-refractivity contribution is 0.0873. The Labute approximate surface area is 95.1 Å². The SMILES string of the molecule is Cl.Cl.O=C(c1ccccn1)C1CNC1. The summed E-state index contributed by atoms with van der Waals surface area (Å²) in [4.78, 5) is 15.5. The monoisotopic (exact) mass is 234 g/mol. The number of rotatable bonds is 2. The van der Waals surface area contributed by atoms with Crippen molar-refractivity contribution in [2.45, 2.75) is 0 Å². The number of carbonyl (C=O) groups excluding carboxylic acids is 1. The molecule has 0 amide bonds. The molecule has 1 aromatic heterocycles.